The molecule has 3 nitrogen and oxygen atoms in total. The molecule has 2 rings (SSSR count). The fourth-order valence-corrected chi connectivity index (χ4v) is 2.17. The van der Waals surface area contributed by atoms with E-state index in [1.54, 1.807) is 0 Å². The number of carbonyl (C=O) groups is 1. The second-order valence-corrected chi connectivity index (χ2v) is 5.05. The van der Waals surface area contributed by atoms with Gasteiger partial charge in [-0.2, -0.15) is 13.2 Å². The van der Waals surface area contributed by atoms with Crippen molar-refractivity contribution in [1.29, 1.82) is 0 Å². The molecule has 0 spiro atoms. The van der Waals surface area contributed by atoms with Crippen molar-refractivity contribution in [3.05, 3.63) is 70.8 Å². The van der Waals surface area contributed by atoms with Gasteiger partial charge < -0.3 is 5.73 Å². The number of hydrogen-bond donors (Lipinski definition) is 2. The normalized spacial score (nSPS) is 12.9. The second kappa shape index (κ2) is 6.96. The van der Waals surface area contributed by atoms with E-state index >= 15 is 0 Å². The summed E-state index contributed by atoms with van der Waals surface area (Å²) in [6.07, 6.45) is -4.89. The number of nitrogens with two attached hydrogens (primary N) is 1. The van der Waals surface area contributed by atoms with E-state index in [1.807, 2.05) is 0 Å². The van der Waals surface area contributed by atoms with E-state index in [0.717, 1.165) is 18.2 Å². The summed E-state index contributed by atoms with van der Waals surface area (Å²) < 4.78 is 66.9. The molecule has 2 aromatic carbocycles. The van der Waals surface area contributed by atoms with Gasteiger partial charge in [-0.15, -0.1) is 0 Å². The Morgan fingerprint density at radius 1 is 1.04 bits per heavy atom. The van der Waals surface area contributed by atoms with Crippen molar-refractivity contribution >= 4 is 5.91 Å². The lowest BCUT2D eigenvalue weighted by Crippen LogP contribution is -2.35. The van der Waals surface area contributed by atoms with Gasteiger partial charge in [0, 0.05) is 17.7 Å². The Morgan fingerprint density at radius 2 is 1.58 bits per heavy atom. The molecule has 0 aliphatic heterocycles. The first-order valence-corrected chi connectivity index (χ1v) is 6.83. The average Bonchev–Trinajstić information content (AvgIpc) is 2.49. The molecule has 128 valence electrons. The molecule has 0 heterocycles. The van der Waals surface area contributed by atoms with Gasteiger partial charge in [-0.25, -0.2) is 8.78 Å². The van der Waals surface area contributed by atoms with Crippen molar-refractivity contribution in [2.24, 2.45) is 5.73 Å². The van der Waals surface area contributed by atoms with E-state index < -0.39 is 35.3 Å². The molecule has 0 aliphatic rings. The minimum atomic E-state index is -4.89. The van der Waals surface area contributed by atoms with Crippen LogP contribution >= 0.6 is 0 Å². The maximum Gasteiger partial charge on any atom is 0.408 e. The van der Waals surface area contributed by atoms with E-state index in [0.29, 0.717) is 5.56 Å². The van der Waals surface area contributed by atoms with Crippen LogP contribution in [0, 0.1) is 11.6 Å². The number of carbonyl (C=O) groups excluding carboxylic acids is 1. The smallest absolute Gasteiger partial charge is 0.366 e. The van der Waals surface area contributed by atoms with Gasteiger partial charge in [0.25, 0.3) is 0 Å². The first-order valence-electron chi connectivity index (χ1n) is 6.83. The highest BCUT2D eigenvalue weighted by Gasteiger charge is 2.43. The maximum atomic E-state index is 13.7. The molecule has 8 heteroatoms. The van der Waals surface area contributed by atoms with Crippen molar-refractivity contribution in [3.63, 3.8) is 0 Å². The standard InChI is InChI=1S/C16H13F5N2O/c17-11-2-1-3-12(18)13(11)14(16(19,20)21)23-8-9-4-6-10(7-5-9)15(22)24/h1-7,14,23H,8H2,(H2,22,24). The molecule has 2 aromatic rings. The molecule has 0 fully saturated rings. The zero-order valence-corrected chi connectivity index (χ0v) is 12.2. The molecule has 0 saturated carbocycles. The molecule has 0 bridgehead atoms. The number of halogens is 5. The molecule has 1 unspecified atom stereocenters. The van der Waals surface area contributed by atoms with Gasteiger partial charge in [-0.3, -0.25) is 10.1 Å². The minimum Gasteiger partial charge on any atom is -0.366 e. The number of primary amides is 1. The van der Waals surface area contributed by atoms with Crippen molar-refractivity contribution in [3.8, 4) is 0 Å². The fourth-order valence-electron chi connectivity index (χ4n) is 2.17. The van der Waals surface area contributed by atoms with Crippen molar-refractivity contribution in [1.82, 2.24) is 5.32 Å². The number of hydrogen-bond acceptors (Lipinski definition) is 2. The highest BCUT2D eigenvalue weighted by Crippen LogP contribution is 2.35. The summed E-state index contributed by atoms with van der Waals surface area (Å²) in [4.78, 5) is 10.9. The minimum absolute atomic E-state index is 0.200. The van der Waals surface area contributed by atoms with Crippen LogP contribution in [0.5, 0.6) is 0 Å². The third-order valence-corrected chi connectivity index (χ3v) is 3.36. The Kier molecular flexibility index (Phi) is 5.18. The lowest BCUT2D eigenvalue weighted by Gasteiger charge is -2.23. The van der Waals surface area contributed by atoms with Crippen LogP contribution in [0.3, 0.4) is 0 Å². The molecular formula is C16H13F5N2O. The highest BCUT2D eigenvalue weighted by atomic mass is 19.4. The lowest BCUT2D eigenvalue weighted by atomic mass is 10.0. The van der Waals surface area contributed by atoms with E-state index in [9.17, 15) is 26.7 Å². The van der Waals surface area contributed by atoms with Crippen LogP contribution < -0.4 is 11.1 Å². The Balaban J connectivity index is 2.23. The summed E-state index contributed by atoms with van der Waals surface area (Å²) in [5.41, 5.74) is 4.58. The van der Waals surface area contributed by atoms with Gasteiger partial charge in [-0.1, -0.05) is 18.2 Å². The SMILES string of the molecule is NC(=O)c1ccc(CNC(c2c(F)cccc2F)C(F)(F)F)cc1. The third-order valence-electron chi connectivity index (χ3n) is 3.36. The highest BCUT2D eigenvalue weighted by molar-refractivity contribution is 5.92. The summed E-state index contributed by atoms with van der Waals surface area (Å²) in [7, 11) is 0. The number of rotatable bonds is 5. The summed E-state index contributed by atoms with van der Waals surface area (Å²) >= 11 is 0. The van der Waals surface area contributed by atoms with Gasteiger partial charge in [-0.05, 0) is 29.8 Å². The van der Waals surface area contributed by atoms with Gasteiger partial charge in [0.05, 0.1) is 0 Å². The molecule has 24 heavy (non-hydrogen) atoms. The quantitative estimate of drug-likeness (QED) is 0.816. The first kappa shape index (κ1) is 17.9. The van der Waals surface area contributed by atoms with Crippen LogP contribution in [0.2, 0.25) is 0 Å². The summed E-state index contributed by atoms with van der Waals surface area (Å²) in [6, 6.07) is 5.52. The third kappa shape index (κ3) is 4.08. The number of amides is 1. The maximum absolute atomic E-state index is 13.7. The average molecular weight is 344 g/mol. The Hall–Kier alpha value is -2.48. The van der Waals surface area contributed by atoms with E-state index in [-0.39, 0.29) is 12.1 Å². The molecule has 0 aromatic heterocycles. The van der Waals surface area contributed by atoms with Crippen LogP contribution in [-0.4, -0.2) is 12.1 Å². The molecule has 0 saturated heterocycles. The second-order valence-electron chi connectivity index (χ2n) is 5.05. The number of nitrogens with one attached hydrogen (secondary N) is 1. The number of alkyl halides is 3. The van der Waals surface area contributed by atoms with Crippen LogP contribution in [0.15, 0.2) is 42.5 Å². The van der Waals surface area contributed by atoms with Crippen LogP contribution in [0.25, 0.3) is 0 Å². The predicted octanol–water partition coefficient (Wildman–Crippen LogP) is 3.46. The summed E-state index contributed by atoms with van der Waals surface area (Å²) in [5, 5.41) is 2.10. The van der Waals surface area contributed by atoms with E-state index in [2.05, 4.69) is 5.32 Å². The Labute approximate surface area is 134 Å². The van der Waals surface area contributed by atoms with Crippen molar-refractivity contribution in [2.75, 3.05) is 0 Å². The zero-order valence-electron chi connectivity index (χ0n) is 12.2. The van der Waals surface area contributed by atoms with E-state index in [4.69, 9.17) is 5.73 Å². The van der Waals surface area contributed by atoms with Gasteiger partial charge in [0.15, 0.2) is 0 Å². The summed E-state index contributed by atoms with van der Waals surface area (Å²) in [6.45, 7) is -0.309. The molecule has 1 atom stereocenters. The van der Waals surface area contributed by atoms with Crippen molar-refractivity contribution in [2.45, 2.75) is 18.8 Å². The largest absolute Gasteiger partial charge is 0.408 e. The monoisotopic (exact) mass is 344 g/mol. The van der Waals surface area contributed by atoms with Gasteiger partial charge in [0.1, 0.15) is 17.7 Å². The topological polar surface area (TPSA) is 55.1 Å². The first-order chi connectivity index (χ1) is 11.2. The molecule has 0 aliphatic carbocycles. The zero-order chi connectivity index (χ0) is 17.9. The Morgan fingerprint density at radius 3 is 2.04 bits per heavy atom. The van der Waals surface area contributed by atoms with Crippen molar-refractivity contribution < 1.29 is 26.7 Å². The predicted molar refractivity (Wildman–Crippen MR) is 77.0 cm³/mol. The van der Waals surface area contributed by atoms with Crippen LogP contribution in [0.1, 0.15) is 27.5 Å². The molecule has 1 amide bonds. The van der Waals surface area contributed by atoms with Crippen LogP contribution in [-0.2, 0) is 6.54 Å². The number of benzene rings is 2. The molecular weight excluding hydrogens is 331 g/mol. The Bertz CT molecular complexity index is 708. The van der Waals surface area contributed by atoms with Crippen LogP contribution in [0.4, 0.5) is 22.0 Å². The van der Waals surface area contributed by atoms with Gasteiger partial charge >= 0.3 is 6.18 Å². The fraction of sp³-hybridized carbons (Fsp3) is 0.188. The molecule has 3 N–H and O–H groups in total. The molecule has 0 radical (unpaired) electrons. The summed E-state index contributed by atoms with van der Waals surface area (Å²) in [5.74, 6) is -3.24. The van der Waals surface area contributed by atoms with Gasteiger partial charge in [0.2, 0.25) is 5.91 Å². The van der Waals surface area contributed by atoms with E-state index in [1.165, 1.54) is 24.3 Å². The lowest BCUT2D eigenvalue weighted by molar-refractivity contribution is -0.159.